The van der Waals surface area contributed by atoms with Gasteiger partial charge in [-0.25, -0.2) is 4.79 Å². The Labute approximate surface area is 48.3 Å². The summed E-state index contributed by atoms with van der Waals surface area (Å²) in [5.41, 5.74) is 0. The summed E-state index contributed by atoms with van der Waals surface area (Å²) in [4.78, 5) is 21.7. The van der Waals surface area contributed by atoms with E-state index in [1.807, 2.05) is 0 Å². The van der Waals surface area contributed by atoms with Gasteiger partial charge in [0.1, 0.15) is 0 Å². The lowest BCUT2D eigenvalue weighted by Crippen LogP contribution is -2.05. The number of amides is 2. The van der Waals surface area contributed by atoms with Crippen LogP contribution < -0.4 is 0 Å². The summed E-state index contributed by atoms with van der Waals surface area (Å²) in [7, 11) is 0. The van der Waals surface area contributed by atoms with E-state index in [0.29, 0.717) is 0 Å². The summed E-state index contributed by atoms with van der Waals surface area (Å²) in [5.74, 6) is -0.750. The van der Waals surface area contributed by atoms with Gasteiger partial charge in [0.05, 0.1) is 5.11 Å². The molecule has 0 aliphatic carbocycles. The molecule has 0 aromatic rings. The second-order valence-corrected chi connectivity index (χ2v) is 1.15. The van der Waals surface area contributed by atoms with Crippen molar-refractivity contribution in [2.45, 2.75) is 0 Å². The van der Waals surface area contributed by atoms with Crippen LogP contribution in [0.5, 0.6) is 0 Å². The molecule has 0 aromatic heterocycles. The minimum atomic E-state index is -0.929. The van der Waals surface area contributed by atoms with Gasteiger partial charge in [0.15, 0.2) is 0 Å². The molecule has 1 rings (SSSR count). The number of aliphatic imine (C=N–C) groups is 1. The molecular weight excluding hydrogens is 128 g/mol. The van der Waals surface area contributed by atoms with Gasteiger partial charge >= 0.3 is 12.0 Å². The molecule has 0 bridgehead atoms. The van der Waals surface area contributed by atoms with E-state index in [4.69, 9.17) is 0 Å². The maximum absolute atomic E-state index is 10.0. The van der Waals surface area contributed by atoms with Crippen LogP contribution in [0.25, 0.3) is 0 Å². The van der Waals surface area contributed by atoms with E-state index in [1.54, 1.807) is 0 Å². The Morgan fingerprint density at radius 2 is 2.11 bits per heavy atom. The SMILES string of the molecule is O=C1N=NC([N+](=O)[O-])=N1. The molecule has 1 heterocycles. The lowest BCUT2D eigenvalue weighted by atomic mass is 11.0. The monoisotopic (exact) mass is 128 g/mol. The molecule has 1 aliphatic rings. The minimum absolute atomic E-state index is 0.750. The Hall–Kier alpha value is -1.66. The van der Waals surface area contributed by atoms with Crippen LogP contribution in [0, 0.1) is 10.1 Å². The second kappa shape index (κ2) is 1.69. The largest absolute Gasteiger partial charge is 0.496 e. The third-order valence-electron chi connectivity index (χ3n) is 0.584. The van der Waals surface area contributed by atoms with Crippen LogP contribution in [0.15, 0.2) is 15.2 Å². The van der Waals surface area contributed by atoms with E-state index in [0.717, 1.165) is 0 Å². The molecule has 0 saturated carbocycles. The van der Waals surface area contributed by atoms with Gasteiger partial charge in [0.25, 0.3) is 0 Å². The molecular formula is C2N4O3. The predicted octanol–water partition coefficient (Wildman–Crippen LogP) is 0.205. The summed E-state index contributed by atoms with van der Waals surface area (Å²) in [5, 5.41) is 15.3. The zero-order chi connectivity index (χ0) is 6.85. The molecule has 7 heteroatoms. The molecule has 0 radical (unpaired) electrons. The Kier molecular flexibility index (Phi) is 1.03. The van der Waals surface area contributed by atoms with Crippen LogP contribution in [-0.2, 0) is 0 Å². The first-order valence-corrected chi connectivity index (χ1v) is 1.89. The van der Waals surface area contributed by atoms with Crippen LogP contribution in [0.3, 0.4) is 0 Å². The average molecular weight is 128 g/mol. The number of carbonyl (C=O) groups excluding carboxylic acids is 1. The third kappa shape index (κ3) is 0.929. The van der Waals surface area contributed by atoms with Gasteiger partial charge in [-0.2, -0.15) is 0 Å². The Bertz CT molecular complexity index is 228. The van der Waals surface area contributed by atoms with Crippen LogP contribution in [-0.4, -0.2) is 16.9 Å². The first kappa shape index (κ1) is 5.48. The van der Waals surface area contributed by atoms with Crippen molar-refractivity contribution in [3.8, 4) is 0 Å². The van der Waals surface area contributed by atoms with E-state index in [1.165, 1.54) is 0 Å². The number of hydrogen-bond acceptors (Lipinski definition) is 4. The zero-order valence-electron chi connectivity index (χ0n) is 4.01. The van der Waals surface area contributed by atoms with E-state index in [-0.39, 0.29) is 0 Å². The highest BCUT2D eigenvalue weighted by Crippen LogP contribution is 1.97. The third-order valence-corrected chi connectivity index (χ3v) is 0.584. The number of nitro groups is 1. The van der Waals surface area contributed by atoms with Crippen LogP contribution >= 0.6 is 0 Å². The molecule has 0 saturated heterocycles. The van der Waals surface area contributed by atoms with Crippen LogP contribution in [0.2, 0.25) is 0 Å². The van der Waals surface area contributed by atoms with Gasteiger partial charge in [0, 0.05) is 10.1 Å². The highest BCUT2D eigenvalue weighted by Gasteiger charge is 2.23. The molecule has 0 aromatic carbocycles. The highest BCUT2D eigenvalue weighted by atomic mass is 16.6. The molecule has 0 unspecified atom stereocenters. The predicted molar refractivity (Wildman–Crippen MR) is 24.7 cm³/mol. The first-order valence-electron chi connectivity index (χ1n) is 1.89. The van der Waals surface area contributed by atoms with Crippen molar-refractivity contribution in [3.05, 3.63) is 10.1 Å². The van der Waals surface area contributed by atoms with Gasteiger partial charge < -0.3 is 10.1 Å². The van der Waals surface area contributed by atoms with Crippen molar-refractivity contribution in [1.29, 1.82) is 0 Å². The quantitative estimate of drug-likeness (QED) is 0.344. The molecule has 2 amide bonds. The summed E-state index contributed by atoms with van der Waals surface area (Å²) in [6.07, 6.45) is 0. The average Bonchev–Trinajstić information content (AvgIpc) is 2.14. The van der Waals surface area contributed by atoms with Gasteiger partial charge in [-0.15, -0.1) is 0 Å². The van der Waals surface area contributed by atoms with E-state index < -0.39 is 16.9 Å². The van der Waals surface area contributed by atoms with Crippen molar-refractivity contribution in [2.24, 2.45) is 15.2 Å². The summed E-state index contributed by atoms with van der Waals surface area (Å²) >= 11 is 0. The lowest BCUT2D eigenvalue weighted by molar-refractivity contribution is -0.351. The zero-order valence-corrected chi connectivity index (χ0v) is 4.01. The summed E-state index contributed by atoms with van der Waals surface area (Å²) in [6, 6.07) is -0.929. The molecule has 0 fully saturated rings. The molecule has 46 valence electrons. The second-order valence-electron chi connectivity index (χ2n) is 1.15. The highest BCUT2D eigenvalue weighted by molar-refractivity contribution is 5.93. The summed E-state index contributed by atoms with van der Waals surface area (Å²) < 4.78 is 0. The van der Waals surface area contributed by atoms with Gasteiger partial charge in [-0.3, -0.25) is 0 Å². The maximum atomic E-state index is 10.0. The van der Waals surface area contributed by atoms with Crippen molar-refractivity contribution < 1.29 is 9.72 Å². The van der Waals surface area contributed by atoms with Gasteiger partial charge in [-0.1, -0.05) is 0 Å². The number of nitrogens with zero attached hydrogens (tertiary/aromatic N) is 4. The van der Waals surface area contributed by atoms with Crippen molar-refractivity contribution in [2.75, 3.05) is 0 Å². The Morgan fingerprint density at radius 3 is 2.33 bits per heavy atom. The number of carbonyl (C=O) groups is 1. The smallest absolute Gasteiger partial charge is 0.390 e. The molecule has 0 spiro atoms. The van der Waals surface area contributed by atoms with Crippen LogP contribution in [0.1, 0.15) is 0 Å². The molecule has 0 N–H and O–H groups in total. The number of rotatable bonds is 0. The Balaban J connectivity index is 2.88. The lowest BCUT2D eigenvalue weighted by Gasteiger charge is -1.82. The molecule has 1 aliphatic heterocycles. The van der Waals surface area contributed by atoms with Gasteiger partial charge in [0.2, 0.25) is 0 Å². The van der Waals surface area contributed by atoms with E-state index >= 15 is 0 Å². The number of urea groups is 1. The standard InChI is InChI=1S/C2N4O3/c7-2-3-1(4-5-2)6(8)9. The fraction of sp³-hybridized carbons (Fsp3) is 0. The van der Waals surface area contributed by atoms with E-state index in [2.05, 4.69) is 15.2 Å². The van der Waals surface area contributed by atoms with Crippen molar-refractivity contribution >= 4 is 12.0 Å². The molecule has 7 nitrogen and oxygen atoms in total. The van der Waals surface area contributed by atoms with E-state index in [9.17, 15) is 14.9 Å². The minimum Gasteiger partial charge on any atom is -0.390 e. The number of hydrogen-bond donors (Lipinski definition) is 0. The topological polar surface area (TPSA) is 97.3 Å². The van der Waals surface area contributed by atoms with Crippen LogP contribution in [0.4, 0.5) is 4.79 Å². The first-order chi connectivity index (χ1) is 4.20. The summed E-state index contributed by atoms with van der Waals surface area (Å²) in [6.45, 7) is 0. The number of guanidine groups is 1. The maximum Gasteiger partial charge on any atom is 0.496 e. The Morgan fingerprint density at radius 1 is 1.44 bits per heavy atom. The molecule has 0 atom stereocenters. The van der Waals surface area contributed by atoms with Crippen molar-refractivity contribution in [1.82, 2.24) is 0 Å². The van der Waals surface area contributed by atoms with Crippen molar-refractivity contribution in [3.63, 3.8) is 0 Å². The fourth-order valence-electron chi connectivity index (χ4n) is 0.295. The fourth-order valence-corrected chi connectivity index (χ4v) is 0.295. The number of azo groups is 1. The molecule has 9 heavy (non-hydrogen) atoms. The normalized spacial score (nSPS) is 16.0. The van der Waals surface area contributed by atoms with Gasteiger partial charge in [-0.05, 0) is 4.92 Å².